The summed E-state index contributed by atoms with van der Waals surface area (Å²) in [6.07, 6.45) is 2.68. The molecule has 1 aliphatic heterocycles. The number of likely N-dealkylation sites (tertiary alicyclic amines) is 1. The molecule has 1 saturated heterocycles. The van der Waals surface area contributed by atoms with E-state index < -0.39 is 24.1 Å². The van der Waals surface area contributed by atoms with E-state index in [2.05, 4.69) is 15.6 Å². The number of rotatable bonds is 22. The van der Waals surface area contributed by atoms with Gasteiger partial charge in [0.2, 0.25) is 17.7 Å². The molecule has 15 nitrogen and oxygen atoms in total. The number of β-amino-alcohol motifs (C(OH)–C–C–N with tert-alkyl or cyclic N) is 1. The van der Waals surface area contributed by atoms with Crippen LogP contribution in [0.3, 0.4) is 0 Å². The largest absolute Gasteiger partial charge is 0.508 e. The predicted octanol–water partition coefficient (Wildman–Crippen LogP) is 7.02. The Bertz CT molecular complexity index is 2700. The minimum absolute atomic E-state index is 0.00960. The molecule has 6 aromatic rings. The molecule has 69 heavy (non-hydrogen) atoms. The van der Waals surface area contributed by atoms with Crippen LogP contribution in [0.1, 0.15) is 59.3 Å². The van der Waals surface area contributed by atoms with Crippen LogP contribution >= 0.6 is 22.7 Å². The Morgan fingerprint density at radius 2 is 1.45 bits per heavy atom. The second kappa shape index (κ2) is 23.4. The van der Waals surface area contributed by atoms with Gasteiger partial charge in [0, 0.05) is 45.6 Å². The fourth-order valence-corrected chi connectivity index (χ4v) is 10.9. The van der Waals surface area contributed by atoms with E-state index in [4.69, 9.17) is 18.9 Å². The van der Waals surface area contributed by atoms with Crippen LogP contribution in [0.25, 0.3) is 31.0 Å². The van der Waals surface area contributed by atoms with Crippen molar-refractivity contribution in [2.24, 2.45) is 5.92 Å². The fraction of sp³-hybridized carbons (Fsp3) is 0.365. The molecule has 2 fully saturated rings. The van der Waals surface area contributed by atoms with Gasteiger partial charge in [-0.2, -0.15) is 0 Å². The van der Waals surface area contributed by atoms with Gasteiger partial charge in [-0.1, -0.05) is 37.1 Å². The van der Waals surface area contributed by atoms with Crippen molar-refractivity contribution < 1.29 is 53.4 Å². The van der Waals surface area contributed by atoms with E-state index in [0.717, 1.165) is 67.9 Å². The Morgan fingerprint density at radius 1 is 0.797 bits per heavy atom. The Kier molecular flexibility index (Phi) is 16.7. The lowest BCUT2D eigenvalue weighted by atomic mass is 9.96. The maximum Gasteiger partial charge on any atom is 0.246 e. The minimum atomic E-state index is -0.861. The van der Waals surface area contributed by atoms with Crippen molar-refractivity contribution >= 4 is 56.3 Å². The normalized spacial score (nSPS) is 16.5. The number of ketones is 1. The van der Waals surface area contributed by atoms with E-state index in [1.54, 1.807) is 78.1 Å². The molecule has 2 aliphatic rings. The number of phenolic OH excluding ortho intramolecular Hbond substituents is 2. The number of aliphatic hydroxyl groups excluding tert-OH is 1. The quantitative estimate of drug-likeness (QED) is 0.0344. The molecule has 3 amide bonds. The molecule has 4 aromatic carbocycles. The molecule has 362 valence electrons. The van der Waals surface area contributed by atoms with Gasteiger partial charge in [-0.15, -0.1) is 22.7 Å². The van der Waals surface area contributed by atoms with Crippen LogP contribution in [0.2, 0.25) is 0 Å². The number of aromatic hydroxyl groups is 2. The number of phenols is 2. The summed E-state index contributed by atoms with van der Waals surface area (Å²) in [5.74, 6) is -0.616. The van der Waals surface area contributed by atoms with Gasteiger partial charge in [-0.25, -0.2) is 4.98 Å². The first-order valence-electron chi connectivity index (χ1n) is 23.1. The molecule has 17 heteroatoms. The van der Waals surface area contributed by atoms with Crippen molar-refractivity contribution in [3.8, 4) is 38.1 Å². The van der Waals surface area contributed by atoms with Gasteiger partial charge in [0.25, 0.3) is 0 Å². The highest BCUT2D eigenvalue weighted by Crippen LogP contribution is 2.42. The molecular formula is C52H56N4O11S2. The molecule has 2 aromatic heterocycles. The predicted molar refractivity (Wildman–Crippen MR) is 263 cm³/mol. The van der Waals surface area contributed by atoms with Gasteiger partial charge in [0.1, 0.15) is 42.5 Å². The number of nitrogens with one attached hydrogen (secondary N) is 2. The lowest BCUT2D eigenvalue weighted by molar-refractivity contribution is -0.143. The number of aromatic nitrogens is 1. The number of carbonyl (C=O) groups is 4. The molecule has 8 rings (SSSR count). The average Bonchev–Trinajstić information content (AvgIpc) is 4.19. The summed E-state index contributed by atoms with van der Waals surface area (Å²) >= 11 is 2.97. The second-order valence-electron chi connectivity index (χ2n) is 17.2. The molecule has 0 bridgehead atoms. The highest BCUT2D eigenvalue weighted by atomic mass is 32.1. The van der Waals surface area contributed by atoms with Gasteiger partial charge in [0.05, 0.1) is 55.2 Å². The third-order valence-corrected chi connectivity index (χ3v) is 14.5. The number of nitrogens with zero attached hydrogens (tertiary/aromatic N) is 2. The van der Waals surface area contributed by atoms with Crippen LogP contribution in [-0.4, -0.2) is 120 Å². The van der Waals surface area contributed by atoms with Crippen molar-refractivity contribution in [3.63, 3.8) is 0 Å². The second-order valence-corrected chi connectivity index (χ2v) is 19.1. The molecule has 1 aliphatic carbocycles. The number of aryl methyl sites for hydroxylation is 1. The van der Waals surface area contributed by atoms with E-state index in [0.29, 0.717) is 36.7 Å². The van der Waals surface area contributed by atoms with Crippen molar-refractivity contribution in [2.75, 3.05) is 52.8 Å². The average molecular weight is 977 g/mol. The number of amides is 3. The summed E-state index contributed by atoms with van der Waals surface area (Å²) in [6, 6.07) is 24.7. The molecule has 2 unspecified atom stereocenters. The molecule has 1 saturated carbocycles. The smallest absolute Gasteiger partial charge is 0.246 e. The van der Waals surface area contributed by atoms with Gasteiger partial charge >= 0.3 is 0 Å². The number of carbonyl (C=O) groups excluding carboxylic acids is 4. The van der Waals surface area contributed by atoms with E-state index in [-0.39, 0.29) is 81.0 Å². The van der Waals surface area contributed by atoms with Gasteiger partial charge < -0.3 is 49.8 Å². The van der Waals surface area contributed by atoms with Gasteiger partial charge in [0.15, 0.2) is 5.78 Å². The number of aliphatic hydroxyl groups is 1. The number of hydrogen-bond acceptors (Lipinski definition) is 14. The first-order chi connectivity index (χ1) is 33.5. The molecule has 3 heterocycles. The maximum atomic E-state index is 14.1. The van der Waals surface area contributed by atoms with Crippen molar-refractivity contribution in [1.29, 1.82) is 0 Å². The summed E-state index contributed by atoms with van der Waals surface area (Å²) in [5.41, 5.74) is 6.51. The Morgan fingerprint density at radius 3 is 2.14 bits per heavy atom. The summed E-state index contributed by atoms with van der Waals surface area (Å²) in [7, 11) is 0. The van der Waals surface area contributed by atoms with Crippen LogP contribution < -0.4 is 15.4 Å². The summed E-state index contributed by atoms with van der Waals surface area (Å²) in [5, 5.41) is 37.1. The summed E-state index contributed by atoms with van der Waals surface area (Å²) in [6.45, 7) is 3.52. The minimum Gasteiger partial charge on any atom is -0.508 e. The van der Waals surface area contributed by atoms with Crippen molar-refractivity contribution in [1.82, 2.24) is 20.5 Å². The molecule has 3 atom stereocenters. The number of thiophene rings is 1. The number of thiazole rings is 1. The number of benzene rings is 4. The van der Waals surface area contributed by atoms with Gasteiger partial charge in [-0.3, -0.25) is 19.2 Å². The Balaban J connectivity index is 0.720. The number of hydrogen-bond donors (Lipinski definition) is 5. The molecule has 0 spiro atoms. The number of ether oxygens (including phenoxy) is 4. The third-order valence-electron chi connectivity index (χ3n) is 12.4. The zero-order valence-corrected chi connectivity index (χ0v) is 39.9. The Labute approximate surface area is 408 Å². The maximum absolute atomic E-state index is 14.1. The SMILES string of the molecule is Cc1ncsc1-c1ccc(CNC(=O)C2CC(O)CN2C(=O)[C@@H](NC(=O)COCCOCCOCCOc2ccc(C(=O)c3c(-c4ccc(O)cc4)sc4cc(O)ccc34)cc2)C2CCCC2)cc1. The van der Waals surface area contributed by atoms with Crippen LogP contribution in [0.5, 0.6) is 17.2 Å². The highest BCUT2D eigenvalue weighted by molar-refractivity contribution is 7.22. The van der Waals surface area contributed by atoms with Crippen molar-refractivity contribution in [2.45, 2.75) is 63.8 Å². The lowest BCUT2D eigenvalue weighted by Crippen LogP contribution is -2.56. The van der Waals surface area contributed by atoms with Crippen LogP contribution in [0.4, 0.5) is 0 Å². The molecule has 5 N–H and O–H groups in total. The molecular weight excluding hydrogens is 921 g/mol. The van der Waals surface area contributed by atoms with Crippen LogP contribution in [-0.2, 0) is 35.1 Å². The highest BCUT2D eigenvalue weighted by Gasteiger charge is 2.44. The van der Waals surface area contributed by atoms with Gasteiger partial charge in [-0.05, 0) is 109 Å². The molecule has 0 radical (unpaired) electrons. The lowest BCUT2D eigenvalue weighted by Gasteiger charge is -2.31. The zero-order valence-electron chi connectivity index (χ0n) is 38.3. The Hall–Kier alpha value is -6.21. The standard InChI is InChI=1S/C52H56N4O11S2/c1-32-49(68-31-54-32)36-8-6-33(7-9-36)28-53-51(62)43-26-40(59)29-56(43)52(63)47(34-4-2-3-5-34)55-45(60)30-66-23-22-64-20-21-65-24-25-67-41-17-12-35(13-18-41)48(61)46-42-19-16-39(58)27-44(42)69-50(46)37-10-14-38(57)15-11-37/h6-19,27,31,34,40,43,47,57-59H,2-5,20-26,28-30H2,1H3,(H,53,62)(H,55,60)/t40?,43?,47-/m0/s1. The van der Waals surface area contributed by atoms with E-state index in [9.17, 15) is 34.5 Å². The zero-order chi connectivity index (χ0) is 48.3. The fourth-order valence-electron chi connectivity index (χ4n) is 8.83. The monoisotopic (exact) mass is 976 g/mol. The first kappa shape index (κ1) is 49.2. The van der Waals surface area contributed by atoms with E-state index >= 15 is 0 Å². The van der Waals surface area contributed by atoms with E-state index in [1.165, 1.54) is 16.2 Å². The first-order valence-corrected chi connectivity index (χ1v) is 24.8. The topological polar surface area (TPSA) is 206 Å². The summed E-state index contributed by atoms with van der Waals surface area (Å²) in [4.78, 5) is 62.1. The summed E-state index contributed by atoms with van der Waals surface area (Å²) < 4.78 is 23.4. The van der Waals surface area contributed by atoms with Crippen LogP contribution in [0, 0.1) is 12.8 Å². The van der Waals surface area contributed by atoms with Crippen molar-refractivity contribution in [3.05, 3.63) is 119 Å². The number of fused-ring (bicyclic) bond motifs is 1. The van der Waals surface area contributed by atoms with Crippen LogP contribution in [0.15, 0.2) is 96.5 Å². The third kappa shape index (κ3) is 12.5. The van der Waals surface area contributed by atoms with E-state index in [1.807, 2.05) is 36.7 Å².